The predicted molar refractivity (Wildman–Crippen MR) is 78.0 cm³/mol. The highest BCUT2D eigenvalue weighted by Gasteiger charge is 2.34. The van der Waals surface area contributed by atoms with Gasteiger partial charge in [0.05, 0.1) is 12.3 Å². The molecule has 5 heteroatoms. The van der Waals surface area contributed by atoms with Crippen LogP contribution in [-0.4, -0.2) is 21.9 Å². The number of pyridine rings is 1. The number of hydrogen-bond donors (Lipinski definition) is 0. The van der Waals surface area contributed by atoms with Crippen molar-refractivity contribution < 1.29 is 9.53 Å². The Morgan fingerprint density at radius 1 is 1.50 bits per heavy atom. The van der Waals surface area contributed by atoms with Crippen LogP contribution in [0, 0.1) is 6.92 Å². The number of rotatable bonds is 4. The van der Waals surface area contributed by atoms with Crippen LogP contribution in [0.25, 0.3) is 11.3 Å². The number of carbonyl (C=O) groups is 1. The Hall–Kier alpha value is -1.75. The maximum absolute atomic E-state index is 12.1. The molecule has 20 heavy (non-hydrogen) atoms. The molecule has 1 aliphatic rings. The van der Waals surface area contributed by atoms with E-state index in [1.807, 2.05) is 26.1 Å². The summed E-state index contributed by atoms with van der Waals surface area (Å²) in [6, 6.07) is 1.97. The van der Waals surface area contributed by atoms with Gasteiger partial charge < -0.3 is 4.74 Å². The summed E-state index contributed by atoms with van der Waals surface area (Å²) < 4.78 is 9.65. The first-order valence-corrected chi connectivity index (χ1v) is 7.57. The number of ether oxygens (including phenoxy) is 1. The Bertz CT molecular complexity index is 647. The molecule has 2 heterocycles. The number of esters is 1. The van der Waals surface area contributed by atoms with Crippen LogP contribution in [0.5, 0.6) is 0 Å². The van der Waals surface area contributed by atoms with Crippen LogP contribution in [0.3, 0.4) is 0 Å². The Labute approximate surface area is 122 Å². The number of aromatic nitrogens is 2. The molecule has 0 aromatic carbocycles. The number of nitrogens with zero attached hydrogens (tertiary/aromatic N) is 2. The zero-order valence-electron chi connectivity index (χ0n) is 11.5. The van der Waals surface area contributed by atoms with Gasteiger partial charge in [0.2, 0.25) is 0 Å². The van der Waals surface area contributed by atoms with E-state index in [9.17, 15) is 4.79 Å². The molecule has 3 rings (SSSR count). The van der Waals surface area contributed by atoms with E-state index >= 15 is 0 Å². The van der Waals surface area contributed by atoms with E-state index in [0.717, 1.165) is 35.2 Å². The van der Waals surface area contributed by atoms with E-state index in [0.29, 0.717) is 17.4 Å². The lowest BCUT2D eigenvalue weighted by Crippen LogP contribution is -2.05. The SMILES string of the molecule is CCOC(=O)c1snc(-c2cnccc2C)c1C1CC1. The monoisotopic (exact) mass is 288 g/mol. The van der Waals surface area contributed by atoms with Crippen LogP contribution < -0.4 is 0 Å². The number of hydrogen-bond acceptors (Lipinski definition) is 5. The van der Waals surface area contributed by atoms with Gasteiger partial charge in [-0.05, 0) is 55.8 Å². The lowest BCUT2D eigenvalue weighted by Gasteiger charge is -2.06. The van der Waals surface area contributed by atoms with Gasteiger partial charge in [-0.25, -0.2) is 4.79 Å². The van der Waals surface area contributed by atoms with Gasteiger partial charge >= 0.3 is 5.97 Å². The van der Waals surface area contributed by atoms with Crippen molar-refractivity contribution in [1.29, 1.82) is 0 Å². The lowest BCUT2D eigenvalue weighted by atomic mass is 10.0. The molecule has 0 unspecified atom stereocenters. The maximum Gasteiger partial charge on any atom is 0.350 e. The van der Waals surface area contributed by atoms with Gasteiger partial charge in [0.15, 0.2) is 0 Å². The Morgan fingerprint density at radius 3 is 2.95 bits per heavy atom. The largest absolute Gasteiger partial charge is 0.462 e. The molecule has 0 N–H and O–H groups in total. The molecule has 0 aliphatic heterocycles. The summed E-state index contributed by atoms with van der Waals surface area (Å²) in [5.41, 5.74) is 4.11. The average molecular weight is 288 g/mol. The third kappa shape index (κ3) is 2.33. The fourth-order valence-electron chi connectivity index (χ4n) is 2.30. The zero-order chi connectivity index (χ0) is 14.1. The molecule has 0 amide bonds. The molecule has 1 aliphatic carbocycles. The lowest BCUT2D eigenvalue weighted by molar-refractivity contribution is 0.0531. The van der Waals surface area contributed by atoms with Crippen LogP contribution >= 0.6 is 11.5 Å². The molecule has 2 aromatic rings. The summed E-state index contributed by atoms with van der Waals surface area (Å²) in [6.07, 6.45) is 5.84. The number of aryl methyl sites for hydroxylation is 1. The fourth-order valence-corrected chi connectivity index (χ4v) is 3.17. The van der Waals surface area contributed by atoms with Crippen molar-refractivity contribution in [2.75, 3.05) is 6.61 Å². The molecule has 0 bridgehead atoms. The second-order valence-electron chi connectivity index (χ2n) is 4.96. The summed E-state index contributed by atoms with van der Waals surface area (Å²) in [5, 5.41) is 0. The fraction of sp³-hybridized carbons (Fsp3) is 0.400. The van der Waals surface area contributed by atoms with E-state index in [-0.39, 0.29) is 5.97 Å². The van der Waals surface area contributed by atoms with Crippen LogP contribution in [0.15, 0.2) is 18.5 Å². The first-order valence-electron chi connectivity index (χ1n) is 6.80. The standard InChI is InChI=1S/C15H16N2O2S/c1-3-19-15(18)14-12(10-4-5-10)13(17-20-14)11-8-16-7-6-9(11)2/h6-8,10H,3-5H2,1-2H3. The third-order valence-electron chi connectivity index (χ3n) is 3.47. The molecule has 104 valence electrons. The van der Waals surface area contributed by atoms with E-state index < -0.39 is 0 Å². The van der Waals surface area contributed by atoms with Crippen LogP contribution in [0.2, 0.25) is 0 Å². The van der Waals surface area contributed by atoms with Crippen molar-refractivity contribution in [1.82, 2.24) is 9.36 Å². The molecule has 1 fully saturated rings. The highest BCUT2D eigenvalue weighted by Crippen LogP contribution is 2.47. The van der Waals surface area contributed by atoms with Crippen molar-refractivity contribution in [3.63, 3.8) is 0 Å². The smallest absolute Gasteiger partial charge is 0.350 e. The minimum absolute atomic E-state index is 0.250. The van der Waals surface area contributed by atoms with Crippen LogP contribution in [-0.2, 0) is 4.74 Å². The van der Waals surface area contributed by atoms with Gasteiger partial charge in [0, 0.05) is 23.5 Å². The van der Waals surface area contributed by atoms with Crippen molar-refractivity contribution >= 4 is 17.5 Å². The van der Waals surface area contributed by atoms with E-state index in [2.05, 4.69) is 9.36 Å². The summed E-state index contributed by atoms with van der Waals surface area (Å²) in [7, 11) is 0. The van der Waals surface area contributed by atoms with Crippen LogP contribution in [0.4, 0.5) is 0 Å². The normalized spacial score (nSPS) is 14.3. The minimum atomic E-state index is -0.250. The highest BCUT2D eigenvalue weighted by molar-refractivity contribution is 7.08. The van der Waals surface area contributed by atoms with Crippen molar-refractivity contribution in [3.8, 4) is 11.3 Å². The zero-order valence-corrected chi connectivity index (χ0v) is 12.4. The molecule has 0 spiro atoms. The van der Waals surface area contributed by atoms with E-state index in [1.54, 1.807) is 6.20 Å². The van der Waals surface area contributed by atoms with E-state index in [1.165, 1.54) is 11.5 Å². The molecule has 2 aromatic heterocycles. The Morgan fingerprint density at radius 2 is 2.30 bits per heavy atom. The molecule has 0 saturated heterocycles. The summed E-state index contributed by atoms with van der Waals surface area (Å²) >= 11 is 1.24. The molecule has 0 radical (unpaired) electrons. The molecule has 1 saturated carbocycles. The van der Waals surface area contributed by atoms with Gasteiger partial charge in [0.25, 0.3) is 0 Å². The maximum atomic E-state index is 12.1. The van der Waals surface area contributed by atoms with Gasteiger partial charge in [0.1, 0.15) is 4.88 Å². The molecular formula is C15H16N2O2S. The van der Waals surface area contributed by atoms with Gasteiger partial charge in [-0.15, -0.1) is 0 Å². The predicted octanol–water partition coefficient (Wildman–Crippen LogP) is 3.57. The second-order valence-corrected chi connectivity index (χ2v) is 5.73. The summed E-state index contributed by atoms with van der Waals surface area (Å²) in [5.74, 6) is 0.197. The number of carbonyl (C=O) groups excluding carboxylic acids is 1. The molecule has 0 atom stereocenters. The van der Waals surface area contributed by atoms with Crippen molar-refractivity contribution in [3.05, 3.63) is 34.5 Å². The minimum Gasteiger partial charge on any atom is -0.462 e. The summed E-state index contributed by atoms with van der Waals surface area (Å²) in [4.78, 5) is 16.9. The first kappa shape index (κ1) is 13.2. The third-order valence-corrected chi connectivity index (χ3v) is 4.31. The Balaban J connectivity index is 2.08. The summed E-state index contributed by atoms with van der Waals surface area (Å²) in [6.45, 7) is 4.25. The molecular weight excluding hydrogens is 272 g/mol. The van der Waals surface area contributed by atoms with Gasteiger partial charge in [-0.3, -0.25) is 4.98 Å². The van der Waals surface area contributed by atoms with Crippen LogP contribution in [0.1, 0.15) is 46.5 Å². The topological polar surface area (TPSA) is 52.1 Å². The van der Waals surface area contributed by atoms with Gasteiger partial charge in [-0.1, -0.05) is 0 Å². The average Bonchev–Trinajstić information content (AvgIpc) is 3.18. The highest BCUT2D eigenvalue weighted by atomic mass is 32.1. The van der Waals surface area contributed by atoms with E-state index in [4.69, 9.17) is 4.74 Å². The van der Waals surface area contributed by atoms with Crippen molar-refractivity contribution in [2.45, 2.75) is 32.6 Å². The first-order chi connectivity index (χ1) is 9.72. The quantitative estimate of drug-likeness (QED) is 0.807. The van der Waals surface area contributed by atoms with Crippen molar-refractivity contribution in [2.24, 2.45) is 0 Å². The van der Waals surface area contributed by atoms with Gasteiger partial charge in [-0.2, -0.15) is 4.37 Å². The Kier molecular flexibility index (Phi) is 3.53. The molecule has 4 nitrogen and oxygen atoms in total. The second kappa shape index (κ2) is 5.32.